The third-order valence-electron chi connectivity index (χ3n) is 6.64. The normalized spacial score (nSPS) is 31.0. The minimum atomic E-state index is 0. The Bertz CT molecular complexity index is 692. The minimum absolute atomic E-state index is 0. The van der Waals surface area contributed by atoms with E-state index in [1.807, 2.05) is 6.20 Å². The van der Waals surface area contributed by atoms with Crippen molar-refractivity contribution in [3.05, 3.63) is 23.9 Å². The van der Waals surface area contributed by atoms with E-state index in [0.717, 1.165) is 63.3 Å². The topological polar surface area (TPSA) is 62.2 Å². The monoisotopic (exact) mass is 513 g/mol. The number of nitrogens with one attached hydrogen (secondary N) is 1. The van der Waals surface area contributed by atoms with Crippen LogP contribution in [-0.2, 0) is 16.0 Å². The highest BCUT2D eigenvalue weighted by Crippen LogP contribution is 2.47. The van der Waals surface area contributed by atoms with Gasteiger partial charge in [-0.3, -0.25) is 0 Å². The molecule has 29 heavy (non-hydrogen) atoms. The Morgan fingerprint density at radius 2 is 1.90 bits per heavy atom. The van der Waals surface area contributed by atoms with E-state index in [4.69, 9.17) is 14.5 Å². The van der Waals surface area contributed by atoms with Crippen molar-refractivity contribution in [1.29, 1.82) is 0 Å². The summed E-state index contributed by atoms with van der Waals surface area (Å²) in [7, 11) is 0. The molecule has 4 fully saturated rings. The molecule has 160 valence electrons. The molecule has 5 rings (SSSR count). The molecule has 4 atom stereocenters. The summed E-state index contributed by atoms with van der Waals surface area (Å²) in [5.74, 6) is 3.45. The number of morpholine rings is 1. The number of ether oxygens (including phenoxy) is 2. The van der Waals surface area contributed by atoms with Crippen LogP contribution >= 0.6 is 24.0 Å². The number of nitrogens with zero attached hydrogens (tertiary/aromatic N) is 4. The zero-order chi connectivity index (χ0) is 18.9. The van der Waals surface area contributed by atoms with Gasteiger partial charge in [-0.05, 0) is 31.4 Å². The third-order valence-corrected chi connectivity index (χ3v) is 6.64. The highest BCUT2D eigenvalue weighted by atomic mass is 127. The van der Waals surface area contributed by atoms with Crippen LogP contribution in [0.2, 0.25) is 0 Å². The Balaban J connectivity index is 0.00000205. The lowest BCUT2D eigenvalue weighted by Gasteiger charge is -2.27. The van der Waals surface area contributed by atoms with Gasteiger partial charge < -0.3 is 24.6 Å². The smallest absolute Gasteiger partial charge is 0.194 e. The Kier molecular flexibility index (Phi) is 6.80. The van der Waals surface area contributed by atoms with E-state index in [2.05, 4.69) is 39.2 Å². The van der Waals surface area contributed by atoms with E-state index in [1.165, 1.54) is 12.8 Å². The van der Waals surface area contributed by atoms with Gasteiger partial charge in [-0.1, -0.05) is 6.07 Å². The van der Waals surface area contributed by atoms with Gasteiger partial charge in [0.15, 0.2) is 5.96 Å². The molecule has 1 aromatic rings. The molecule has 4 saturated heterocycles. The highest BCUT2D eigenvalue weighted by Gasteiger charge is 2.53. The van der Waals surface area contributed by atoms with Gasteiger partial charge in [0.25, 0.3) is 0 Å². The second kappa shape index (κ2) is 9.34. The van der Waals surface area contributed by atoms with Crippen molar-refractivity contribution in [3.63, 3.8) is 0 Å². The molecule has 4 unspecified atom stereocenters. The van der Waals surface area contributed by atoms with Crippen LogP contribution in [0.1, 0.15) is 25.3 Å². The summed E-state index contributed by atoms with van der Waals surface area (Å²) in [4.78, 5) is 14.3. The maximum absolute atomic E-state index is 6.11. The van der Waals surface area contributed by atoms with Crippen molar-refractivity contribution < 1.29 is 9.47 Å². The SMILES string of the molecule is CCNC(=NCc1ccc(N2CCOCC2)nc1)N1CC2C3CCC(O3)C2C1.I. The van der Waals surface area contributed by atoms with Crippen LogP contribution in [0.3, 0.4) is 0 Å². The number of pyridine rings is 1. The van der Waals surface area contributed by atoms with Gasteiger partial charge in [-0.25, -0.2) is 9.98 Å². The zero-order valence-corrected chi connectivity index (χ0v) is 19.5. The molecule has 7 nitrogen and oxygen atoms in total. The molecule has 0 aliphatic carbocycles. The number of hydrogen-bond donors (Lipinski definition) is 1. The summed E-state index contributed by atoms with van der Waals surface area (Å²) in [6.07, 6.45) is 5.42. The first-order valence-electron chi connectivity index (χ1n) is 10.8. The lowest BCUT2D eigenvalue weighted by Crippen LogP contribution is -2.41. The average Bonchev–Trinajstić information content (AvgIpc) is 3.45. The maximum atomic E-state index is 6.11. The Morgan fingerprint density at radius 1 is 1.17 bits per heavy atom. The average molecular weight is 513 g/mol. The minimum Gasteiger partial charge on any atom is -0.378 e. The first-order valence-corrected chi connectivity index (χ1v) is 10.8. The molecule has 1 N–H and O–H groups in total. The number of anilines is 1. The standard InChI is InChI=1S/C21H31N5O2.HI/c1-2-22-21(26-13-16-17(14-26)19-5-4-18(16)28-19)24-12-15-3-6-20(23-11-15)25-7-9-27-10-8-25;/h3,6,11,16-19H,2,4-5,7-10,12-14H2,1H3,(H,22,24);1H. The third kappa shape index (κ3) is 4.34. The molecule has 2 bridgehead atoms. The fourth-order valence-electron chi connectivity index (χ4n) is 5.21. The van der Waals surface area contributed by atoms with Gasteiger partial charge in [0.05, 0.1) is 32.0 Å². The molecule has 8 heteroatoms. The maximum Gasteiger partial charge on any atom is 0.194 e. The largest absolute Gasteiger partial charge is 0.378 e. The van der Waals surface area contributed by atoms with E-state index in [0.29, 0.717) is 30.6 Å². The van der Waals surface area contributed by atoms with E-state index >= 15 is 0 Å². The lowest BCUT2D eigenvalue weighted by atomic mass is 9.82. The number of aromatic nitrogens is 1. The van der Waals surface area contributed by atoms with Crippen molar-refractivity contribution in [1.82, 2.24) is 15.2 Å². The number of guanidine groups is 1. The molecule has 0 saturated carbocycles. The lowest BCUT2D eigenvalue weighted by molar-refractivity contribution is 0.0767. The summed E-state index contributed by atoms with van der Waals surface area (Å²) in [5, 5.41) is 3.49. The second-order valence-electron chi connectivity index (χ2n) is 8.32. The number of halogens is 1. The predicted octanol–water partition coefficient (Wildman–Crippen LogP) is 2.11. The number of likely N-dealkylation sites (tertiary alicyclic amines) is 1. The first-order chi connectivity index (χ1) is 13.8. The quantitative estimate of drug-likeness (QED) is 0.378. The molecule has 1 aromatic heterocycles. The van der Waals surface area contributed by atoms with Crippen LogP contribution < -0.4 is 10.2 Å². The first kappa shape index (κ1) is 21.1. The van der Waals surface area contributed by atoms with Gasteiger partial charge in [0, 0.05) is 50.8 Å². The van der Waals surface area contributed by atoms with E-state index in [-0.39, 0.29) is 24.0 Å². The molecule has 0 aromatic carbocycles. The van der Waals surface area contributed by atoms with Gasteiger partial charge in [-0.2, -0.15) is 0 Å². The summed E-state index contributed by atoms with van der Waals surface area (Å²) in [6, 6.07) is 4.26. The van der Waals surface area contributed by atoms with Crippen molar-refractivity contribution in [2.75, 3.05) is 50.8 Å². The summed E-state index contributed by atoms with van der Waals surface area (Å²) in [5.41, 5.74) is 1.15. The van der Waals surface area contributed by atoms with Crippen LogP contribution in [0.5, 0.6) is 0 Å². The molecular weight excluding hydrogens is 481 g/mol. The van der Waals surface area contributed by atoms with Crippen LogP contribution in [-0.4, -0.2) is 74.0 Å². The van der Waals surface area contributed by atoms with E-state index < -0.39 is 0 Å². The fourth-order valence-corrected chi connectivity index (χ4v) is 5.21. The van der Waals surface area contributed by atoms with Gasteiger partial charge >= 0.3 is 0 Å². The van der Waals surface area contributed by atoms with Crippen LogP contribution in [0.25, 0.3) is 0 Å². The van der Waals surface area contributed by atoms with E-state index in [1.54, 1.807) is 0 Å². The molecule has 4 aliphatic heterocycles. The Labute approximate surface area is 190 Å². The van der Waals surface area contributed by atoms with Crippen molar-refractivity contribution in [2.45, 2.75) is 38.5 Å². The number of fused-ring (bicyclic) bond motifs is 5. The Morgan fingerprint density at radius 3 is 2.52 bits per heavy atom. The molecule has 0 radical (unpaired) electrons. The number of aliphatic imine (C=N–C) groups is 1. The molecule has 0 spiro atoms. The van der Waals surface area contributed by atoms with Crippen molar-refractivity contribution in [3.8, 4) is 0 Å². The summed E-state index contributed by atoms with van der Waals surface area (Å²) in [6.45, 7) is 9.23. The molecule has 0 amide bonds. The van der Waals surface area contributed by atoms with Crippen molar-refractivity contribution >= 4 is 35.8 Å². The zero-order valence-electron chi connectivity index (χ0n) is 17.1. The van der Waals surface area contributed by atoms with Crippen molar-refractivity contribution in [2.24, 2.45) is 16.8 Å². The van der Waals surface area contributed by atoms with Crippen LogP contribution in [0.4, 0.5) is 5.82 Å². The number of hydrogen-bond acceptors (Lipinski definition) is 5. The van der Waals surface area contributed by atoms with Gasteiger partial charge in [-0.15, -0.1) is 24.0 Å². The second-order valence-corrected chi connectivity index (χ2v) is 8.32. The molecular formula is C21H32IN5O2. The molecule has 4 aliphatic rings. The van der Waals surface area contributed by atoms with E-state index in [9.17, 15) is 0 Å². The summed E-state index contributed by atoms with van der Waals surface area (Å²) < 4.78 is 11.5. The van der Waals surface area contributed by atoms with Gasteiger partial charge in [0.2, 0.25) is 0 Å². The van der Waals surface area contributed by atoms with Crippen LogP contribution in [0, 0.1) is 11.8 Å². The Hall–Kier alpha value is -1.13. The highest BCUT2D eigenvalue weighted by molar-refractivity contribution is 14.0. The number of rotatable bonds is 4. The molecule has 5 heterocycles. The fraction of sp³-hybridized carbons (Fsp3) is 0.714. The van der Waals surface area contributed by atoms with Crippen LogP contribution in [0.15, 0.2) is 23.3 Å². The predicted molar refractivity (Wildman–Crippen MR) is 124 cm³/mol. The van der Waals surface area contributed by atoms with Gasteiger partial charge in [0.1, 0.15) is 5.82 Å². The summed E-state index contributed by atoms with van der Waals surface area (Å²) >= 11 is 0.